The number of allylic oxidation sites excluding steroid dienone is 4. The standard InChI is InChI=1S/C23H36N6O3S.2C2H6/c1-6-19(10-11-20(7-2)27-33(5,31)32)25-17-22(30)28-13-15-29(16-14-28)23-21(26-18(3)4)9-8-12-24-23;2*1-2/h7-12,18,25-27H,2,6,13-17H2,1,3-5H3;2*1-2H3/b19-10+,20-11+;;. The lowest BCUT2D eigenvalue weighted by molar-refractivity contribution is -0.130. The molecule has 1 fully saturated rings. The summed E-state index contributed by atoms with van der Waals surface area (Å²) < 4.78 is 25.2. The molecule has 0 bridgehead atoms. The average molecular weight is 537 g/mol. The molecule has 0 atom stereocenters. The quantitative estimate of drug-likeness (QED) is 0.366. The van der Waals surface area contributed by atoms with Crippen molar-refractivity contribution in [3.05, 3.63) is 54.5 Å². The summed E-state index contributed by atoms with van der Waals surface area (Å²) in [5.74, 6) is 0.942. The van der Waals surface area contributed by atoms with Crippen LogP contribution in [-0.4, -0.2) is 69.2 Å². The summed E-state index contributed by atoms with van der Waals surface area (Å²) in [6, 6.07) is 4.26. The number of carbonyl (C=O) groups excluding carboxylic acids is 1. The summed E-state index contributed by atoms with van der Waals surface area (Å²) in [6.07, 6.45) is 8.36. The van der Waals surface area contributed by atoms with Gasteiger partial charge in [-0.3, -0.25) is 9.52 Å². The minimum atomic E-state index is -3.38. The molecule has 210 valence electrons. The zero-order chi connectivity index (χ0) is 28.4. The molecule has 1 saturated heterocycles. The maximum atomic E-state index is 12.7. The van der Waals surface area contributed by atoms with Crippen LogP contribution < -0.4 is 20.3 Å². The number of nitrogens with one attached hydrogen (secondary N) is 3. The van der Waals surface area contributed by atoms with Crippen LogP contribution in [0.25, 0.3) is 0 Å². The predicted molar refractivity (Wildman–Crippen MR) is 157 cm³/mol. The van der Waals surface area contributed by atoms with Crippen molar-refractivity contribution in [2.45, 2.75) is 60.9 Å². The fourth-order valence-corrected chi connectivity index (χ4v) is 3.97. The summed E-state index contributed by atoms with van der Waals surface area (Å²) in [7, 11) is -3.38. The Hall–Kier alpha value is -3.01. The summed E-state index contributed by atoms with van der Waals surface area (Å²) in [4.78, 5) is 21.3. The number of hydrogen-bond donors (Lipinski definition) is 3. The van der Waals surface area contributed by atoms with Gasteiger partial charge in [-0.15, -0.1) is 0 Å². The largest absolute Gasteiger partial charge is 0.380 e. The number of sulfonamides is 1. The average Bonchev–Trinajstić information content (AvgIpc) is 2.89. The number of hydrogen-bond acceptors (Lipinski definition) is 7. The van der Waals surface area contributed by atoms with E-state index in [2.05, 4.69) is 45.7 Å². The summed E-state index contributed by atoms with van der Waals surface area (Å²) in [5.41, 5.74) is 2.20. The SMILES string of the molecule is C=C/C(=C\C=C(/CC)NCC(=O)N1CCN(c2ncccc2NC(C)C)CC1)NS(C)(=O)=O.CC.CC. The fraction of sp³-hybridized carbons (Fsp3) is 0.556. The van der Waals surface area contributed by atoms with Crippen LogP contribution in [0.4, 0.5) is 11.5 Å². The molecular weight excluding hydrogens is 488 g/mol. The number of rotatable bonds is 11. The van der Waals surface area contributed by atoms with E-state index >= 15 is 0 Å². The first-order valence-electron chi connectivity index (χ1n) is 13.1. The van der Waals surface area contributed by atoms with Crippen molar-refractivity contribution >= 4 is 27.4 Å². The van der Waals surface area contributed by atoms with Crippen LogP contribution in [0.5, 0.6) is 0 Å². The second-order valence-electron chi connectivity index (χ2n) is 8.14. The van der Waals surface area contributed by atoms with E-state index in [0.29, 0.717) is 44.3 Å². The van der Waals surface area contributed by atoms with Gasteiger partial charge in [-0.25, -0.2) is 13.4 Å². The lowest BCUT2D eigenvalue weighted by Crippen LogP contribution is -2.51. The van der Waals surface area contributed by atoms with Gasteiger partial charge in [0, 0.05) is 49.8 Å². The minimum absolute atomic E-state index is 0.0257. The van der Waals surface area contributed by atoms with Crippen LogP contribution in [0, 0.1) is 0 Å². The molecule has 1 aliphatic rings. The number of nitrogens with zero attached hydrogens (tertiary/aromatic N) is 3. The summed E-state index contributed by atoms with van der Waals surface area (Å²) >= 11 is 0. The molecule has 10 heteroatoms. The first kappa shape index (κ1) is 34.0. The van der Waals surface area contributed by atoms with Gasteiger partial charge in [0.25, 0.3) is 0 Å². The van der Waals surface area contributed by atoms with Crippen LogP contribution in [0.2, 0.25) is 0 Å². The maximum absolute atomic E-state index is 12.7. The third-order valence-corrected chi connectivity index (χ3v) is 5.60. The Balaban J connectivity index is 0.00000308. The van der Waals surface area contributed by atoms with Gasteiger partial charge in [-0.05, 0) is 50.6 Å². The van der Waals surface area contributed by atoms with Gasteiger partial charge in [0.15, 0.2) is 5.82 Å². The van der Waals surface area contributed by atoms with Crippen molar-refractivity contribution in [3.8, 4) is 0 Å². The fourth-order valence-electron chi connectivity index (χ4n) is 3.39. The first-order chi connectivity index (χ1) is 17.6. The number of aromatic nitrogens is 1. The summed E-state index contributed by atoms with van der Waals surface area (Å²) in [6.45, 7) is 20.6. The molecule has 2 heterocycles. The van der Waals surface area contributed by atoms with Gasteiger partial charge < -0.3 is 20.4 Å². The molecule has 0 aliphatic carbocycles. The van der Waals surface area contributed by atoms with Crippen molar-refractivity contribution in [2.24, 2.45) is 0 Å². The Bertz CT molecular complexity index is 982. The molecule has 1 aromatic heterocycles. The van der Waals surface area contributed by atoms with E-state index in [-0.39, 0.29) is 12.5 Å². The zero-order valence-electron chi connectivity index (χ0n) is 24.0. The van der Waals surface area contributed by atoms with E-state index in [1.54, 1.807) is 18.3 Å². The van der Waals surface area contributed by atoms with Crippen LogP contribution in [-0.2, 0) is 14.8 Å². The minimum Gasteiger partial charge on any atom is -0.380 e. The third kappa shape index (κ3) is 13.2. The molecular formula is C27H48N6O3S. The first-order valence-corrected chi connectivity index (χ1v) is 15.0. The van der Waals surface area contributed by atoms with Gasteiger partial charge in [-0.2, -0.15) is 0 Å². The smallest absolute Gasteiger partial charge is 0.241 e. The van der Waals surface area contributed by atoms with Crippen molar-refractivity contribution < 1.29 is 13.2 Å². The lowest BCUT2D eigenvalue weighted by Gasteiger charge is -2.36. The van der Waals surface area contributed by atoms with E-state index < -0.39 is 10.0 Å². The highest BCUT2D eigenvalue weighted by Gasteiger charge is 2.23. The molecule has 37 heavy (non-hydrogen) atoms. The van der Waals surface area contributed by atoms with Gasteiger partial charge >= 0.3 is 0 Å². The van der Waals surface area contributed by atoms with E-state index in [1.165, 1.54) is 6.08 Å². The Labute approximate surface area is 225 Å². The number of amides is 1. The topological polar surface area (TPSA) is 107 Å². The van der Waals surface area contributed by atoms with Crippen LogP contribution in [0.15, 0.2) is 54.5 Å². The molecule has 0 unspecified atom stereocenters. The van der Waals surface area contributed by atoms with E-state index in [9.17, 15) is 13.2 Å². The van der Waals surface area contributed by atoms with Crippen molar-refractivity contribution in [2.75, 3.05) is 49.2 Å². The van der Waals surface area contributed by atoms with Gasteiger partial charge in [0.2, 0.25) is 15.9 Å². The van der Waals surface area contributed by atoms with Crippen molar-refractivity contribution in [1.82, 2.24) is 19.9 Å². The van der Waals surface area contributed by atoms with Crippen LogP contribution in [0.1, 0.15) is 54.9 Å². The number of carbonyl (C=O) groups is 1. The molecule has 3 N–H and O–H groups in total. The highest BCUT2D eigenvalue weighted by atomic mass is 32.2. The third-order valence-electron chi connectivity index (χ3n) is 5.00. The van der Waals surface area contributed by atoms with Gasteiger partial charge in [-0.1, -0.05) is 41.2 Å². The molecule has 0 saturated carbocycles. The maximum Gasteiger partial charge on any atom is 0.241 e. The lowest BCUT2D eigenvalue weighted by atomic mass is 10.2. The Morgan fingerprint density at radius 3 is 2.27 bits per heavy atom. The second-order valence-corrected chi connectivity index (χ2v) is 9.89. The number of piperazine rings is 1. The molecule has 0 spiro atoms. The molecule has 0 radical (unpaired) electrons. The van der Waals surface area contributed by atoms with E-state index in [4.69, 9.17) is 0 Å². The van der Waals surface area contributed by atoms with Crippen molar-refractivity contribution in [1.29, 1.82) is 0 Å². The molecule has 1 aromatic rings. The second kappa shape index (κ2) is 18.3. The van der Waals surface area contributed by atoms with E-state index in [0.717, 1.165) is 23.5 Å². The van der Waals surface area contributed by atoms with Crippen molar-refractivity contribution in [3.63, 3.8) is 0 Å². The normalized spacial score (nSPS) is 14.1. The number of pyridine rings is 1. The molecule has 0 aromatic carbocycles. The Kier molecular flexibility index (Phi) is 16.8. The van der Waals surface area contributed by atoms with Crippen LogP contribution >= 0.6 is 0 Å². The van der Waals surface area contributed by atoms with Gasteiger partial charge in [0.05, 0.1) is 18.5 Å². The number of anilines is 2. The Morgan fingerprint density at radius 1 is 1.14 bits per heavy atom. The Morgan fingerprint density at radius 2 is 1.76 bits per heavy atom. The van der Waals surface area contributed by atoms with Gasteiger partial charge in [0.1, 0.15) is 0 Å². The van der Waals surface area contributed by atoms with E-state index in [1.807, 2.05) is 51.7 Å². The van der Waals surface area contributed by atoms with Crippen LogP contribution in [0.3, 0.4) is 0 Å². The molecule has 9 nitrogen and oxygen atoms in total. The summed E-state index contributed by atoms with van der Waals surface area (Å²) in [5, 5.41) is 6.59. The monoisotopic (exact) mass is 536 g/mol. The highest BCUT2D eigenvalue weighted by molar-refractivity contribution is 7.88. The zero-order valence-corrected chi connectivity index (χ0v) is 24.8. The predicted octanol–water partition coefficient (Wildman–Crippen LogP) is 4.11. The molecule has 1 aliphatic heterocycles. The highest BCUT2D eigenvalue weighted by Crippen LogP contribution is 2.24. The molecule has 2 rings (SSSR count). The molecule has 1 amide bonds.